The number of carbonyl (C=O) groups excluding carboxylic acids is 1. The Balaban J connectivity index is 2.63. The Morgan fingerprint density at radius 2 is 1.82 bits per heavy atom. The number of carbonyl (C=O) groups is 1. The van der Waals surface area contributed by atoms with Crippen LogP contribution in [0.1, 0.15) is 32.6 Å². The first-order chi connectivity index (χ1) is 7.91. The lowest BCUT2D eigenvalue weighted by molar-refractivity contribution is -0.131. The summed E-state index contributed by atoms with van der Waals surface area (Å²) in [7, 11) is 5.63. The van der Waals surface area contributed by atoms with E-state index in [1.807, 2.05) is 7.05 Å². The van der Waals surface area contributed by atoms with Crippen molar-refractivity contribution in [1.29, 1.82) is 0 Å². The van der Waals surface area contributed by atoms with Crippen LogP contribution in [0.3, 0.4) is 0 Å². The van der Waals surface area contributed by atoms with E-state index in [4.69, 9.17) is 5.73 Å². The van der Waals surface area contributed by atoms with Gasteiger partial charge >= 0.3 is 0 Å². The van der Waals surface area contributed by atoms with Gasteiger partial charge in [0.05, 0.1) is 6.54 Å². The Bertz CT molecular complexity index is 257. The quantitative estimate of drug-likeness (QED) is 0.796. The number of amides is 1. The van der Waals surface area contributed by atoms with Crippen LogP contribution in [0.4, 0.5) is 0 Å². The summed E-state index contributed by atoms with van der Waals surface area (Å²) < 4.78 is 0. The summed E-state index contributed by atoms with van der Waals surface area (Å²) >= 11 is 0. The Kier molecular flexibility index (Phi) is 4.95. The SMILES string of the molecule is CC1CCC(CN)(N(C)CC(=O)N(C)C)CC1. The highest BCUT2D eigenvalue weighted by molar-refractivity contribution is 5.77. The molecule has 1 aliphatic rings. The smallest absolute Gasteiger partial charge is 0.236 e. The fourth-order valence-electron chi connectivity index (χ4n) is 2.55. The zero-order chi connectivity index (χ0) is 13.1. The highest BCUT2D eigenvalue weighted by Gasteiger charge is 2.37. The molecule has 1 saturated carbocycles. The van der Waals surface area contributed by atoms with E-state index < -0.39 is 0 Å². The van der Waals surface area contributed by atoms with E-state index in [2.05, 4.69) is 11.8 Å². The van der Waals surface area contributed by atoms with Crippen molar-refractivity contribution in [3.8, 4) is 0 Å². The van der Waals surface area contributed by atoms with Crippen LogP contribution in [0, 0.1) is 5.92 Å². The molecular formula is C13H27N3O. The summed E-state index contributed by atoms with van der Waals surface area (Å²) in [5.74, 6) is 0.951. The van der Waals surface area contributed by atoms with Crippen LogP contribution in [0.2, 0.25) is 0 Å². The zero-order valence-electron chi connectivity index (χ0n) is 11.7. The van der Waals surface area contributed by atoms with Crippen LogP contribution in [0.25, 0.3) is 0 Å². The lowest BCUT2D eigenvalue weighted by atomic mass is 9.76. The highest BCUT2D eigenvalue weighted by atomic mass is 16.2. The van der Waals surface area contributed by atoms with Gasteiger partial charge in [0.15, 0.2) is 0 Å². The molecule has 4 heteroatoms. The second-order valence-corrected chi connectivity index (χ2v) is 5.76. The summed E-state index contributed by atoms with van der Waals surface area (Å²) in [5.41, 5.74) is 6.01. The minimum absolute atomic E-state index is 0.0399. The third kappa shape index (κ3) is 3.42. The maximum atomic E-state index is 11.8. The predicted octanol–water partition coefficient (Wildman–Crippen LogP) is 0.914. The molecular weight excluding hydrogens is 214 g/mol. The monoisotopic (exact) mass is 241 g/mol. The van der Waals surface area contributed by atoms with Gasteiger partial charge in [-0.2, -0.15) is 0 Å². The number of likely N-dealkylation sites (N-methyl/N-ethyl adjacent to an activating group) is 2. The van der Waals surface area contributed by atoms with Gasteiger partial charge in [0, 0.05) is 26.2 Å². The standard InChI is InChI=1S/C13H27N3O/c1-11-5-7-13(10-14,8-6-11)16(4)9-12(17)15(2)3/h11H,5-10,14H2,1-4H3. The maximum Gasteiger partial charge on any atom is 0.236 e. The van der Waals surface area contributed by atoms with Gasteiger partial charge < -0.3 is 10.6 Å². The first-order valence-electron chi connectivity index (χ1n) is 6.53. The van der Waals surface area contributed by atoms with Crippen molar-refractivity contribution in [2.24, 2.45) is 11.7 Å². The van der Waals surface area contributed by atoms with Gasteiger partial charge in [-0.15, -0.1) is 0 Å². The second kappa shape index (κ2) is 5.83. The minimum Gasteiger partial charge on any atom is -0.348 e. The average Bonchev–Trinajstić information content (AvgIpc) is 2.30. The van der Waals surface area contributed by atoms with Crippen LogP contribution < -0.4 is 5.73 Å². The molecule has 0 aromatic heterocycles. The van der Waals surface area contributed by atoms with Crippen LogP contribution in [0.5, 0.6) is 0 Å². The van der Waals surface area contributed by atoms with Crippen LogP contribution in [0.15, 0.2) is 0 Å². The normalized spacial score (nSPS) is 29.4. The molecule has 1 amide bonds. The summed E-state index contributed by atoms with van der Waals surface area (Å²) in [6, 6.07) is 0. The van der Waals surface area contributed by atoms with Crippen molar-refractivity contribution >= 4 is 5.91 Å². The molecule has 0 atom stereocenters. The van der Waals surface area contributed by atoms with Gasteiger partial charge in [0.25, 0.3) is 0 Å². The number of hydrogen-bond acceptors (Lipinski definition) is 3. The van der Waals surface area contributed by atoms with E-state index in [1.54, 1.807) is 19.0 Å². The van der Waals surface area contributed by atoms with Crippen molar-refractivity contribution < 1.29 is 4.79 Å². The maximum absolute atomic E-state index is 11.8. The average molecular weight is 241 g/mol. The number of nitrogens with zero attached hydrogens (tertiary/aromatic N) is 2. The van der Waals surface area contributed by atoms with Gasteiger partial charge in [0.2, 0.25) is 5.91 Å². The Labute approximate surface area is 105 Å². The molecule has 2 N–H and O–H groups in total. The number of nitrogens with two attached hydrogens (primary N) is 1. The van der Waals surface area contributed by atoms with E-state index in [0.29, 0.717) is 13.1 Å². The highest BCUT2D eigenvalue weighted by Crippen LogP contribution is 2.34. The van der Waals surface area contributed by atoms with Gasteiger partial charge in [-0.25, -0.2) is 0 Å². The molecule has 1 fully saturated rings. The third-order valence-corrected chi connectivity index (χ3v) is 4.27. The largest absolute Gasteiger partial charge is 0.348 e. The van der Waals surface area contributed by atoms with E-state index in [1.165, 1.54) is 12.8 Å². The molecule has 0 unspecified atom stereocenters. The summed E-state index contributed by atoms with van der Waals surface area (Å²) in [4.78, 5) is 15.6. The van der Waals surface area contributed by atoms with Crippen molar-refractivity contribution in [1.82, 2.24) is 9.80 Å². The fraction of sp³-hybridized carbons (Fsp3) is 0.923. The topological polar surface area (TPSA) is 49.6 Å². The number of hydrogen-bond donors (Lipinski definition) is 1. The van der Waals surface area contributed by atoms with Gasteiger partial charge in [0.1, 0.15) is 0 Å². The first kappa shape index (κ1) is 14.5. The van der Waals surface area contributed by atoms with E-state index in [0.717, 1.165) is 18.8 Å². The number of rotatable bonds is 4. The van der Waals surface area contributed by atoms with Crippen LogP contribution in [-0.4, -0.2) is 55.5 Å². The molecule has 1 aliphatic carbocycles. The lowest BCUT2D eigenvalue weighted by Gasteiger charge is -2.45. The Morgan fingerprint density at radius 3 is 2.24 bits per heavy atom. The van der Waals surface area contributed by atoms with Crippen molar-refractivity contribution in [2.75, 3.05) is 34.2 Å². The molecule has 0 aliphatic heterocycles. The van der Waals surface area contributed by atoms with Crippen molar-refractivity contribution in [3.63, 3.8) is 0 Å². The van der Waals surface area contributed by atoms with Gasteiger partial charge in [-0.05, 0) is 38.6 Å². The minimum atomic E-state index is 0.0399. The zero-order valence-corrected chi connectivity index (χ0v) is 11.7. The molecule has 4 nitrogen and oxygen atoms in total. The lowest BCUT2D eigenvalue weighted by Crippen LogP contribution is -2.56. The molecule has 0 heterocycles. The molecule has 0 saturated heterocycles. The van der Waals surface area contributed by atoms with E-state index >= 15 is 0 Å². The fourth-order valence-corrected chi connectivity index (χ4v) is 2.55. The van der Waals surface area contributed by atoms with Gasteiger partial charge in [-0.1, -0.05) is 6.92 Å². The summed E-state index contributed by atoms with van der Waals surface area (Å²) in [6.45, 7) is 3.42. The molecule has 0 aromatic rings. The summed E-state index contributed by atoms with van der Waals surface area (Å²) in [5, 5.41) is 0. The molecule has 0 bridgehead atoms. The third-order valence-electron chi connectivity index (χ3n) is 4.27. The Morgan fingerprint density at radius 1 is 1.29 bits per heavy atom. The van der Waals surface area contributed by atoms with Crippen LogP contribution >= 0.6 is 0 Å². The molecule has 0 spiro atoms. The molecule has 100 valence electrons. The predicted molar refractivity (Wildman–Crippen MR) is 70.7 cm³/mol. The van der Waals surface area contributed by atoms with Crippen molar-refractivity contribution in [3.05, 3.63) is 0 Å². The van der Waals surface area contributed by atoms with E-state index in [-0.39, 0.29) is 11.4 Å². The second-order valence-electron chi connectivity index (χ2n) is 5.76. The molecule has 17 heavy (non-hydrogen) atoms. The van der Waals surface area contributed by atoms with E-state index in [9.17, 15) is 4.79 Å². The molecule has 0 aromatic carbocycles. The van der Waals surface area contributed by atoms with Gasteiger partial charge in [-0.3, -0.25) is 9.69 Å². The first-order valence-corrected chi connectivity index (χ1v) is 6.53. The Hall–Kier alpha value is -0.610. The van der Waals surface area contributed by atoms with Crippen molar-refractivity contribution in [2.45, 2.75) is 38.1 Å². The molecule has 1 rings (SSSR count). The summed E-state index contributed by atoms with van der Waals surface area (Å²) in [6.07, 6.45) is 4.67. The van der Waals surface area contributed by atoms with Crippen LogP contribution in [-0.2, 0) is 4.79 Å². The molecule has 0 radical (unpaired) electrons.